The summed E-state index contributed by atoms with van der Waals surface area (Å²) in [5.41, 5.74) is -0.471. The van der Waals surface area contributed by atoms with Gasteiger partial charge in [-0.2, -0.15) is 8.42 Å². The minimum absolute atomic E-state index is 0.0867. The minimum atomic E-state index is -3.86. The van der Waals surface area contributed by atoms with Crippen LogP contribution in [0.3, 0.4) is 0 Å². The Balaban J connectivity index is 1.56. The molecule has 3 aliphatic heterocycles. The van der Waals surface area contributed by atoms with Crippen LogP contribution in [0.1, 0.15) is 25.3 Å². The molecule has 4 rings (SSSR count). The zero-order valence-corrected chi connectivity index (χ0v) is 14.5. The molecule has 130 valence electrons. The third kappa shape index (κ3) is 2.08. The van der Waals surface area contributed by atoms with Crippen molar-refractivity contribution in [3.8, 4) is 0 Å². The summed E-state index contributed by atoms with van der Waals surface area (Å²) >= 11 is 0. The Morgan fingerprint density at radius 2 is 2.00 bits per heavy atom. The monoisotopic (exact) mass is 352 g/mol. The lowest BCUT2D eigenvalue weighted by atomic mass is 9.64. The Kier molecular flexibility index (Phi) is 3.37. The molecule has 0 N–H and O–H groups in total. The number of cyclic esters (lactones) is 1. The van der Waals surface area contributed by atoms with Gasteiger partial charge in [0.25, 0.3) is 10.1 Å². The molecule has 0 aromatic heterocycles. The van der Waals surface area contributed by atoms with E-state index < -0.39 is 21.1 Å². The fourth-order valence-corrected chi connectivity index (χ4v) is 5.26. The van der Waals surface area contributed by atoms with E-state index in [4.69, 9.17) is 13.7 Å². The summed E-state index contributed by atoms with van der Waals surface area (Å²) in [7, 11) is -3.86. The first-order chi connectivity index (χ1) is 11.3. The normalized spacial score (nSPS) is 37.5. The lowest BCUT2D eigenvalue weighted by Gasteiger charge is -2.34. The molecule has 2 bridgehead atoms. The molecule has 4 atom stereocenters. The zero-order valence-electron chi connectivity index (χ0n) is 13.7. The highest BCUT2D eigenvalue weighted by atomic mass is 32.2. The number of hydrogen-bond donors (Lipinski definition) is 0. The van der Waals surface area contributed by atoms with Gasteiger partial charge in [-0.25, -0.2) is 0 Å². The molecule has 3 heterocycles. The van der Waals surface area contributed by atoms with E-state index in [0.717, 1.165) is 12.0 Å². The summed E-state index contributed by atoms with van der Waals surface area (Å²) < 4.78 is 41.5. The maximum Gasteiger partial charge on any atom is 0.314 e. The van der Waals surface area contributed by atoms with Crippen LogP contribution in [0.4, 0.5) is 0 Å². The Hall–Kier alpha value is -1.44. The molecular weight excluding hydrogens is 332 g/mol. The average Bonchev–Trinajstić information content (AvgIpc) is 3.17. The topological polar surface area (TPSA) is 78.9 Å². The smallest absolute Gasteiger partial charge is 0.314 e. The SMILES string of the molecule is Cc1ccc(S(=O)(=O)OC[C@]23CC[C@H](O2)[C@]2(C)C(=O)OC[C@H]32)cc1. The maximum atomic E-state index is 12.4. The molecule has 0 saturated carbocycles. The first kappa shape index (κ1) is 16.1. The molecule has 3 aliphatic rings. The minimum Gasteiger partial charge on any atom is -0.465 e. The number of ether oxygens (including phenoxy) is 2. The number of aryl methyl sites for hydroxylation is 1. The largest absolute Gasteiger partial charge is 0.465 e. The lowest BCUT2D eigenvalue weighted by Crippen LogP contribution is -2.47. The number of esters is 1. The van der Waals surface area contributed by atoms with Crippen LogP contribution in [-0.2, 0) is 28.6 Å². The van der Waals surface area contributed by atoms with Crippen LogP contribution in [0.15, 0.2) is 29.2 Å². The van der Waals surface area contributed by atoms with E-state index in [1.54, 1.807) is 12.1 Å². The molecule has 1 aromatic rings. The van der Waals surface area contributed by atoms with E-state index >= 15 is 0 Å². The number of hydrogen-bond acceptors (Lipinski definition) is 6. The van der Waals surface area contributed by atoms with Crippen molar-refractivity contribution in [2.24, 2.45) is 11.3 Å². The molecule has 24 heavy (non-hydrogen) atoms. The van der Waals surface area contributed by atoms with Crippen molar-refractivity contribution < 1.29 is 26.9 Å². The predicted octanol–water partition coefficient (Wildman–Crippen LogP) is 1.81. The van der Waals surface area contributed by atoms with Crippen molar-refractivity contribution >= 4 is 16.1 Å². The van der Waals surface area contributed by atoms with Crippen LogP contribution in [-0.4, -0.2) is 39.3 Å². The summed E-state index contributed by atoms with van der Waals surface area (Å²) in [5.74, 6) is -0.412. The van der Waals surface area contributed by atoms with Crippen LogP contribution in [0.2, 0.25) is 0 Å². The van der Waals surface area contributed by atoms with Gasteiger partial charge in [-0.05, 0) is 38.8 Å². The van der Waals surface area contributed by atoms with Crippen molar-refractivity contribution in [2.75, 3.05) is 13.2 Å². The molecular formula is C17H20O6S. The maximum absolute atomic E-state index is 12.4. The number of benzene rings is 1. The summed E-state index contributed by atoms with van der Waals surface area (Å²) in [6.45, 7) is 3.92. The molecule has 7 heteroatoms. The van der Waals surface area contributed by atoms with E-state index in [1.807, 2.05) is 13.8 Å². The molecule has 0 unspecified atom stereocenters. The molecule has 0 amide bonds. The summed E-state index contributed by atoms with van der Waals surface area (Å²) in [5, 5.41) is 0. The highest BCUT2D eigenvalue weighted by Gasteiger charge is 2.72. The first-order valence-electron chi connectivity index (χ1n) is 8.09. The van der Waals surface area contributed by atoms with Crippen LogP contribution in [0, 0.1) is 18.3 Å². The molecule has 3 saturated heterocycles. The van der Waals surface area contributed by atoms with Crippen LogP contribution >= 0.6 is 0 Å². The Morgan fingerprint density at radius 1 is 1.29 bits per heavy atom. The van der Waals surface area contributed by atoms with Crippen molar-refractivity contribution in [1.29, 1.82) is 0 Å². The number of carbonyl (C=O) groups is 1. The van der Waals surface area contributed by atoms with Crippen LogP contribution < -0.4 is 0 Å². The first-order valence-corrected chi connectivity index (χ1v) is 9.50. The Bertz CT molecular complexity index is 786. The second-order valence-corrected chi connectivity index (χ2v) is 8.79. The van der Waals surface area contributed by atoms with Crippen LogP contribution in [0.25, 0.3) is 0 Å². The van der Waals surface area contributed by atoms with Gasteiger partial charge >= 0.3 is 5.97 Å². The molecule has 0 radical (unpaired) electrons. The van der Waals surface area contributed by atoms with E-state index in [-0.39, 0.29) is 36.1 Å². The number of carbonyl (C=O) groups excluding carboxylic acids is 1. The third-order valence-electron chi connectivity index (χ3n) is 5.82. The molecule has 1 aromatic carbocycles. The van der Waals surface area contributed by atoms with E-state index in [2.05, 4.69) is 0 Å². The highest BCUT2D eigenvalue weighted by Crippen LogP contribution is 2.61. The second kappa shape index (κ2) is 5.03. The van der Waals surface area contributed by atoms with E-state index in [0.29, 0.717) is 6.42 Å². The number of rotatable bonds is 4. The van der Waals surface area contributed by atoms with Gasteiger partial charge in [0.15, 0.2) is 0 Å². The molecule has 3 fully saturated rings. The van der Waals surface area contributed by atoms with E-state index in [1.165, 1.54) is 12.1 Å². The standard InChI is InChI=1S/C17H20O6S/c1-11-3-5-12(6-4-11)24(19,20)22-10-17-8-7-14(23-17)16(2)13(17)9-21-15(16)18/h3-6,13-14H,7-10H2,1-2H3/t13-,14-,16+,17-/m0/s1. The number of fused-ring (bicyclic) bond motifs is 5. The Morgan fingerprint density at radius 3 is 2.71 bits per heavy atom. The van der Waals surface area contributed by atoms with Gasteiger partial charge in [0.05, 0.1) is 24.2 Å². The lowest BCUT2D eigenvalue weighted by molar-refractivity contribution is -0.150. The zero-order chi connectivity index (χ0) is 17.2. The van der Waals surface area contributed by atoms with Gasteiger partial charge in [-0.1, -0.05) is 17.7 Å². The summed E-state index contributed by atoms with van der Waals surface area (Å²) in [6.07, 6.45) is 1.18. The quantitative estimate of drug-likeness (QED) is 0.607. The third-order valence-corrected chi connectivity index (χ3v) is 7.10. The van der Waals surface area contributed by atoms with E-state index in [9.17, 15) is 13.2 Å². The van der Waals surface area contributed by atoms with Gasteiger partial charge in [-0.15, -0.1) is 0 Å². The summed E-state index contributed by atoms with van der Waals surface area (Å²) in [4.78, 5) is 12.2. The van der Waals surface area contributed by atoms with Crippen molar-refractivity contribution in [2.45, 2.75) is 43.3 Å². The Labute approximate surface area is 141 Å². The predicted molar refractivity (Wildman–Crippen MR) is 83.7 cm³/mol. The van der Waals surface area contributed by atoms with Crippen molar-refractivity contribution in [3.05, 3.63) is 29.8 Å². The van der Waals surface area contributed by atoms with Gasteiger partial charge in [0.2, 0.25) is 0 Å². The van der Waals surface area contributed by atoms with Crippen LogP contribution in [0.5, 0.6) is 0 Å². The highest BCUT2D eigenvalue weighted by molar-refractivity contribution is 7.86. The van der Waals surface area contributed by atoms with Gasteiger partial charge in [0, 0.05) is 5.92 Å². The fourth-order valence-electron chi connectivity index (χ4n) is 4.30. The molecule has 0 spiro atoms. The molecule has 0 aliphatic carbocycles. The van der Waals surface area contributed by atoms with Crippen molar-refractivity contribution in [1.82, 2.24) is 0 Å². The average molecular weight is 352 g/mol. The summed E-state index contributed by atoms with van der Waals surface area (Å²) in [6, 6.07) is 6.52. The molecule has 6 nitrogen and oxygen atoms in total. The van der Waals surface area contributed by atoms with Gasteiger partial charge in [-0.3, -0.25) is 8.98 Å². The fraction of sp³-hybridized carbons (Fsp3) is 0.588. The second-order valence-electron chi connectivity index (χ2n) is 7.17. The van der Waals surface area contributed by atoms with Gasteiger partial charge in [0.1, 0.15) is 11.0 Å². The van der Waals surface area contributed by atoms with Gasteiger partial charge < -0.3 is 9.47 Å². The van der Waals surface area contributed by atoms with Crippen molar-refractivity contribution in [3.63, 3.8) is 0 Å².